The molecule has 4 rings (SSSR count). The fraction of sp³-hybridized carbons (Fsp3) is 0.294. The first-order chi connectivity index (χ1) is 10.1. The van der Waals surface area contributed by atoms with Gasteiger partial charge in [-0.2, -0.15) is 0 Å². The summed E-state index contributed by atoms with van der Waals surface area (Å²) in [6.07, 6.45) is 0. The van der Waals surface area contributed by atoms with Crippen LogP contribution in [-0.2, 0) is 0 Å². The molecule has 0 aromatic heterocycles. The lowest BCUT2D eigenvalue weighted by Gasteiger charge is -2.17. The molecule has 3 nitrogen and oxygen atoms in total. The fourth-order valence-electron chi connectivity index (χ4n) is 3.57. The number of fused-ring (bicyclic) bond motifs is 5. The van der Waals surface area contributed by atoms with Crippen molar-refractivity contribution in [2.45, 2.75) is 11.8 Å². The van der Waals surface area contributed by atoms with Crippen LogP contribution < -0.4 is 4.74 Å². The van der Waals surface area contributed by atoms with Crippen molar-refractivity contribution in [3.8, 4) is 17.2 Å². The molecule has 1 fully saturated rings. The minimum Gasteiger partial charge on any atom is -0.508 e. The Morgan fingerprint density at radius 3 is 2.38 bits per heavy atom. The number of halogens is 1. The van der Waals surface area contributed by atoms with Crippen LogP contribution in [0.3, 0.4) is 0 Å². The fourth-order valence-corrected chi connectivity index (χ4v) is 3.75. The zero-order valence-electron chi connectivity index (χ0n) is 11.7. The van der Waals surface area contributed by atoms with E-state index in [0.29, 0.717) is 11.8 Å². The summed E-state index contributed by atoms with van der Waals surface area (Å²) in [4.78, 5) is 2.32. The molecule has 2 aliphatic rings. The Kier molecular flexibility index (Phi) is 2.88. The molecule has 0 spiro atoms. The van der Waals surface area contributed by atoms with Crippen LogP contribution in [0.15, 0.2) is 36.4 Å². The predicted octanol–water partition coefficient (Wildman–Crippen LogP) is 3.96. The van der Waals surface area contributed by atoms with Gasteiger partial charge in [0.15, 0.2) is 0 Å². The summed E-state index contributed by atoms with van der Waals surface area (Å²) in [6.45, 7) is 1.92. The molecule has 0 radical (unpaired) electrons. The van der Waals surface area contributed by atoms with Crippen molar-refractivity contribution >= 4 is 11.6 Å². The molecule has 2 aliphatic heterocycles. The number of benzene rings is 2. The van der Waals surface area contributed by atoms with Gasteiger partial charge in [0.1, 0.15) is 17.2 Å². The van der Waals surface area contributed by atoms with E-state index >= 15 is 0 Å². The van der Waals surface area contributed by atoms with Gasteiger partial charge in [-0.3, -0.25) is 0 Å². The number of nitrogens with zero attached hydrogens (tertiary/aromatic N) is 1. The summed E-state index contributed by atoms with van der Waals surface area (Å²) in [5.41, 5.74) is 2.24. The molecule has 2 atom stereocenters. The highest BCUT2D eigenvalue weighted by atomic mass is 35.5. The topological polar surface area (TPSA) is 32.7 Å². The highest BCUT2D eigenvalue weighted by Gasteiger charge is 2.38. The Balaban J connectivity index is 1.93. The Morgan fingerprint density at radius 1 is 1.05 bits per heavy atom. The molecule has 0 unspecified atom stereocenters. The first-order valence-electron chi connectivity index (χ1n) is 7.10. The Hall–Kier alpha value is -1.71. The number of ether oxygens (including phenoxy) is 1. The van der Waals surface area contributed by atoms with E-state index in [4.69, 9.17) is 16.3 Å². The van der Waals surface area contributed by atoms with Gasteiger partial charge in [0.2, 0.25) is 0 Å². The van der Waals surface area contributed by atoms with E-state index in [1.807, 2.05) is 30.3 Å². The van der Waals surface area contributed by atoms with E-state index < -0.39 is 0 Å². The minimum absolute atomic E-state index is 0.287. The van der Waals surface area contributed by atoms with E-state index in [0.717, 1.165) is 40.7 Å². The highest BCUT2D eigenvalue weighted by molar-refractivity contribution is 6.30. The average molecular weight is 302 g/mol. The summed E-state index contributed by atoms with van der Waals surface area (Å²) in [7, 11) is 2.13. The second-order valence-corrected chi connectivity index (χ2v) is 6.38. The van der Waals surface area contributed by atoms with Gasteiger partial charge in [-0.15, -0.1) is 0 Å². The van der Waals surface area contributed by atoms with E-state index in [9.17, 15) is 5.11 Å². The molecule has 21 heavy (non-hydrogen) atoms. The van der Waals surface area contributed by atoms with Gasteiger partial charge in [-0.1, -0.05) is 11.6 Å². The van der Waals surface area contributed by atoms with Crippen molar-refractivity contribution in [1.82, 2.24) is 4.90 Å². The average Bonchev–Trinajstić information content (AvgIpc) is 2.79. The van der Waals surface area contributed by atoms with Crippen LogP contribution in [0, 0.1) is 0 Å². The molecule has 0 bridgehead atoms. The zero-order chi connectivity index (χ0) is 14.6. The molecular weight excluding hydrogens is 286 g/mol. The molecule has 0 amide bonds. The highest BCUT2D eigenvalue weighted by Crippen LogP contribution is 2.50. The molecule has 0 saturated carbocycles. The van der Waals surface area contributed by atoms with E-state index in [1.54, 1.807) is 6.07 Å². The quantitative estimate of drug-likeness (QED) is 0.799. The Labute approximate surface area is 128 Å². The van der Waals surface area contributed by atoms with Crippen molar-refractivity contribution in [2.24, 2.45) is 0 Å². The van der Waals surface area contributed by atoms with Crippen LogP contribution in [0.25, 0.3) is 0 Å². The minimum atomic E-state index is 0.287. The number of hydrogen-bond acceptors (Lipinski definition) is 3. The molecule has 1 N–H and O–H groups in total. The smallest absolute Gasteiger partial charge is 0.131 e. The number of likely N-dealkylation sites (N-methyl/N-ethyl adjacent to an activating group) is 1. The van der Waals surface area contributed by atoms with Gasteiger partial charge < -0.3 is 14.7 Å². The maximum Gasteiger partial charge on any atom is 0.131 e. The van der Waals surface area contributed by atoms with E-state index in [2.05, 4.69) is 11.9 Å². The molecule has 4 heteroatoms. The molecule has 2 aromatic rings. The maximum atomic E-state index is 9.84. The number of aromatic hydroxyl groups is 1. The van der Waals surface area contributed by atoms with Crippen LogP contribution in [0.2, 0.25) is 5.02 Å². The molecule has 2 aromatic carbocycles. The van der Waals surface area contributed by atoms with Crippen molar-refractivity contribution in [3.05, 3.63) is 52.5 Å². The third kappa shape index (κ3) is 2.08. The van der Waals surface area contributed by atoms with Crippen LogP contribution in [0.1, 0.15) is 23.0 Å². The summed E-state index contributed by atoms with van der Waals surface area (Å²) < 4.78 is 6.10. The van der Waals surface area contributed by atoms with E-state index in [1.165, 1.54) is 0 Å². The van der Waals surface area contributed by atoms with Gasteiger partial charge in [0.05, 0.1) is 0 Å². The predicted molar refractivity (Wildman–Crippen MR) is 82.6 cm³/mol. The first-order valence-corrected chi connectivity index (χ1v) is 7.48. The largest absolute Gasteiger partial charge is 0.508 e. The lowest BCUT2D eigenvalue weighted by atomic mass is 9.84. The van der Waals surface area contributed by atoms with Crippen LogP contribution in [-0.4, -0.2) is 30.1 Å². The molecule has 1 saturated heterocycles. The normalized spacial score (nSPS) is 23.7. The van der Waals surface area contributed by atoms with Crippen LogP contribution >= 0.6 is 11.6 Å². The third-order valence-electron chi connectivity index (χ3n) is 4.49. The van der Waals surface area contributed by atoms with Gasteiger partial charge in [-0.25, -0.2) is 0 Å². The second kappa shape index (κ2) is 4.65. The molecule has 0 aliphatic carbocycles. The number of phenols is 1. The van der Waals surface area contributed by atoms with Crippen LogP contribution in [0.5, 0.6) is 17.2 Å². The SMILES string of the molecule is CN1C[C@H]2c3cc(O)ccc3Oc3ccc(Cl)cc3[C@@H]2C1. The zero-order valence-corrected chi connectivity index (χ0v) is 12.5. The summed E-state index contributed by atoms with van der Waals surface area (Å²) in [6, 6.07) is 11.2. The summed E-state index contributed by atoms with van der Waals surface area (Å²) >= 11 is 6.18. The number of likely N-dealkylation sites (tertiary alicyclic amines) is 1. The molecular formula is C17H16ClNO2. The monoisotopic (exact) mass is 301 g/mol. The maximum absolute atomic E-state index is 9.84. The van der Waals surface area contributed by atoms with Gasteiger partial charge in [-0.05, 0) is 43.4 Å². The lowest BCUT2D eigenvalue weighted by molar-refractivity contribution is 0.400. The Bertz CT molecular complexity index is 656. The first kappa shape index (κ1) is 13.0. The van der Waals surface area contributed by atoms with Crippen molar-refractivity contribution < 1.29 is 9.84 Å². The summed E-state index contributed by atoms with van der Waals surface area (Å²) in [5, 5.41) is 10.6. The van der Waals surface area contributed by atoms with Gasteiger partial charge in [0, 0.05) is 41.1 Å². The van der Waals surface area contributed by atoms with Gasteiger partial charge in [0.25, 0.3) is 0 Å². The number of phenolic OH excluding ortho intramolecular Hbond substituents is 1. The van der Waals surface area contributed by atoms with E-state index in [-0.39, 0.29) is 5.75 Å². The van der Waals surface area contributed by atoms with Crippen molar-refractivity contribution in [3.63, 3.8) is 0 Å². The van der Waals surface area contributed by atoms with Gasteiger partial charge >= 0.3 is 0 Å². The standard InChI is InChI=1S/C17H16ClNO2/c1-19-8-14-12-6-10(18)2-4-16(12)21-17-5-3-11(20)7-13(17)15(14)9-19/h2-7,14-15,20H,8-9H2,1H3/t14-,15-/m0/s1. The lowest BCUT2D eigenvalue weighted by Crippen LogP contribution is -2.14. The number of rotatable bonds is 0. The third-order valence-corrected chi connectivity index (χ3v) is 4.72. The molecule has 2 heterocycles. The number of hydrogen-bond donors (Lipinski definition) is 1. The molecule has 108 valence electrons. The Morgan fingerprint density at radius 2 is 1.67 bits per heavy atom. The van der Waals surface area contributed by atoms with Crippen molar-refractivity contribution in [2.75, 3.05) is 20.1 Å². The summed E-state index contributed by atoms with van der Waals surface area (Å²) in [5.74, 6) is 2.64. The second-order valence-electron chi connectivity index (χ2n) is 5.94. The van der Waals surface area contributed by atoms with Crippen molar-refractivity contribution in [1.29, 1.82) is 0 Å². The van der Waals surface area contributed by atoms with Crippen LogP contribution in [0.4, 0.5) is 0 Å².